The number of ether oxygens (including phenoxy) is 2. The van der Waals surface area contributed by atoms with Crippen molar-refractivity contribution in [1.82, 2.24) is 15.6 Å². The van der Waals surface area contributed by atoms with Gasteiger partial charge in [0.25, 0.3) is 0 Å². The Morgan fingerprint density at radius 1 is 1.24 bits per heavy atom. The van der Waals surface area contributed by atoms with E-state index in [9.17, 15) is 0 Å². The van der Waals surface area contributed by atoms with E-state index in [0.717, 1.165) is 41.8 Å². The summed E-state index contributed by atoms with van der Waals surface area (Å²) in [6.07, 6.45) is 5.28. The molecule has 4 rings (SSSR count). The number of guanidine groups is 1. The topological polar surface area (TPSA) is 67.8 Å². The molecule has 1 aliphatic carbocycles. The molecule has 1 fully saturated rings. The van der Waals surface area contributed by atoms with Crippen LogP contribution in [0.15, 0.2) is 47.6 Å². The number of nitrogens with zero attached hydrogens (tertiary/aromatic N) is 2. The molecule has 6 heteroatoms. The Bertz CT molecular complexity index is 859. The standard InChI is InChI=1S/C23H30N4O2/c1-23(2)12-19(18-6-4-5-7-20(18)29-23)27-22(24-3)26-14-17-10-11-21(25-13-17)28-15-16-8-9-16/h4-7,10-11,13,16,19H,8-9,12,14-15H2,1-3H3,(H2,24,26,27). The molecule has 29 heavy (non-hydrogen) atoms. The highest BCUT2D eigenvalue weighted by atomic mass is 16.5. The van der Waals surface area contributed by atoms with Crippen molar-refractivity contribution in [2.24, 2.45) is 10.9 Å². The van der Waals surface area contributed by atoms with Gasteiger partial charge in [-0.05, 0) is 44.2 Å². The van der Waals surface area contributed by atoms with Crippen molar-refractivity contribution < 1.29 is 9.47 Å². The monoisotopic (exact) mass is 394 g/mol. The third-order valence-corrected chi connectivity index (χ3v) is 5.33. The molecule has 1 saturated carbocycles. The van der Waals surface area contributed by atoms with Gasteiger partial charge in [0.05, 0.1) is 12.6 Å². The van der Waals surface area contributed by atoms with Gasteiger partial charge >= 0.3 is 0 Å². The molecule has 0 spiro atoms. The number of para-hydroxylation sites is 1. The molecule has 2 N–H and O–H groups in total. The number of aliphatic imine (C=N–C) groups is 1. The summed E-state index contributed by atoms with van der Waals surface area (Å²) in [6.45, 7) is 5.66. The minimum Gasteiger partial charge on any atom is -0.487 e. The molecular weight excluding hydrogens is 364 g/mol. The van der Waals surface area contributed by atoms with E-state index in [-0.39, 0.29) is 11.6 Å². The lowest BCUT2D eigenvalue weighted by Gasteiger charge is -2.38. The summed E-state index contributed by atoms with van der Waals surface area (Å²) in [4.78, 5) is 8.81. The lowest BCUT2D eigenvalue weighted by atomic mass is 9.90. The maximum Gasteiger partial charge on any atom is 0.213 e. The fourth-order valence-corrected chi connectivity index (χ4v) is 3.57. The molecule has 2 aromatic rings. The van der Waals surface area contributed by atoms with Gasteiger partial charge in [0.2, 0.25) is 5.88 Å². The summed E-state index contributed by atoms with van der Waals surface area (Å²) in [6, 6.07) is 12.3. The van der Waals surface area contributed by atoms with Crippen LogP contribution in [-0.4, -0.2) is 30.2 Å². The molecule has 0 bridgehead atoms. The van der Waals surface area contributed by atoms with Crippen LogP contribution in [0, 0.1) is 5.92 Å². The number of rotatable bonds is 6. The predicted molar refractivity (Wildman–Crippen MR) is 114 cm³/mol. The van der Waals surface area contributed by atoms with Crippen molar-refractivity contribution in [2.75, 3.05) is 13.7 Å². The van der Waals surface area contributed by atoms with Gasteiger partial charge in [0.15, 0.2) is 5.96 Å². The molecule has 154 valence electrons. The number of fused-ring (bicyclic) bond motifs is 1. The molecule has 0 radical (unpaired) electrons. The van der Waals surface area contributed by atoms with E-state index in [1.807, 2.05) is 36.5 Å². The molecule has 2 aliphatic rings. The first-order chi connectivity index (χ1) is 14.0. The predicted octanol–water partition coefficient (Wildman–Crippen LogP) is 3.84. The molecule has 0 saturated heterocycles. The summed E-state index contributed by atoms with van der Waals surface area (Å²) < 4.78 is 11.8. The van der Waals surface area contributed by atoms with Gasteiger partial charge in [-0.15, -0.1) is 0 Å². The summed E-state index contributed by atoms with van der Waals surface area (Å²) >= 11 is 0. The molecule has 6 nitrogen and oxygen atoms in total. The summed E-state index contributed by atoms with van der Waals surface area (Å²) in [5.74, 6) is 3.12. The molecular formula is C23H30N4O2. The van der Waals surface area contributed by atoms with Gasteiger partial charge in [0.1, 0.15) is 11.4 Å². The van der Waals surface area contributed by atoms with Crippen molar-refractivity contribution in [3.8, 4) is 11.6 Å². The normalized spacial score (nSPS) is 20.4. The van der Waals surface area contributed by atoms with Crippen LogP contribution in [0.2, 0.25) is 0 Å². The average Bonchev–Trinajstić information content (AvgIpc) is 3.54. The van der Waals surface area contributed by atoms with E-state index in [0.29, 0.717) is 12.4 Å². The number of hydrogen-bond acceptors (Lipinski definition) is 4. The van der Waals surface area contributed by atoms with Crippen LogP contribution in [-0.2, 0) is 6.54 Å². The fraction of sp³-hybridized carbons (Fsp3) is 0.478. The summed E-state index contributed by atoms with van der Waals surface area (Å²) in [5, 5.41) is 6.94. The van der Waals surface area contributed by atoms with Crippen LogP contribution in [0.1, 0.15) is 50.3 Å². The van der Waals surface area contributed by atoms with Crippen LogP contribution < -0.4 is 20.1 Å². The van der Waals surface area contributed by atoms with Gasteiger partial charge in [-0.1, -0.05) is 24.3 Å². The molecule has 1 aliphatic heterocycles. The van der Waals surface area contributed by atoms with Gasteiger partial charge in [-0.2, -0.15) is 0 Å². The number of aromatic nitrogens is 1. The minimum atomic E-state index is -0.231. The molecule has 1 unspecified atom stereocenters. The lowest BCUT2D eigenvalue weighted by molar-refractivity contribution is 0.0694. The van der Waals surface area contributed by atoms with E-state index in [2.05, 4.69) is 40.5 Å². The minimum absolute atomic E-state index is 0.137. The second kappa shape index (κ2) is 8.31. The second-order valence-electron chi connectivity index (χ2n) is 8.49. The first kappa shape index (κ1) is 19.6. The zero-order valence-electron chi connectivity index (χ0n) is 17.4. The Morgan fingerprint density at radius 3 is 2.79 bits per heavy atom. The van der Waals surface area contributed by atoms with E-state index >= 15 is 0 Å². The van der Waals surface area contributed by atoms with Crippen LogP contribution in [0.25, 0.3) is 0 Å². The average molecular weight is 395 g/mol. The van der Waals surface area contributed by atoms with Crippen LogP contribution in [0.4, 0.5) is 0 Å². The van der Waals surface area contributed by atoms with Crippen LogP contribution in [0.5, 0.6) is 11.6 Å². The Kier molecular flexibility index (Phi) is 5.60. The first-order valence-corrected chi connectivity index (χ1v) is 10.4. The largest absolute Gasteiger partial charge is 0.487 e. The number of hydrogen-bond donors (Lipinski definition) is 2. The van der Waals surface area contributed by atoms with Crippen molar-refractivity contribution in [1.29, 1.82) is 0 Å². The van der Waals surface area contributed by atoms with E-state index in [4.69, 9.17) is 9.47 Å². The van der Waals surface area contributed by atoms with E-state index in [1.54, 1.807) is 7.05 Å². The Labute approximate surface area is 172 Å². The Hall–Kier alpha value is -2.76. The van der Waals surface area contributed by atoms with Crippen molar-refractivity contribution >= 4 is 5.96 Å². The van der Waals surface area contributed by atoms with Crippen molar-refractivity contribution in [3.63, 3.8) is 0 Å². The van der Waals surface area contributed by atoms with Gasteiger partial charge in [0, 0.05) is 37.8 Å². The van der Waals surface area contributed by atoms with Crippen LogP contribution in [0.3, 0.4) is 0 Å². The fourth-order valence-electron chi connectivity index (χ4n) is 3.57. The quantitative estimate of drug-likeness (QED) is 0.576. The highest BCUT2D eigenvalue weighted by Gasteiger charge is 2.33. The van der Waals surface area contributed by atoms with E-state index in [1.165, 1.54) is 12.8 Å². The van der Waals surface area contributed by atoms with Gasteiger partial charge < -0.3 is 20.1 Å². The number of pyridine rings is 1. The molecule has 1 atom stereocenters. The van der Waals surface area contributed by atoms with Crippen molar-refractivity contribution in [3.05, 3.63) is 53.7 Å². The highest BCUT2D eigenvalue weighted by molar-refractivity contribution is 5.80. The Morgan fingerprint density at radius 2 is 2.07 bits per heavy atom. The smallest absolute Gasteiger partial charge is 0.213 e. The first-order valence-electron chi connectivity index (χ1n) is 10.4. The Balaban J connectivity index is 1.35. The number of nitrogens with one attached hydrogen (secondary N) is 2. The molecule has 1 aromatic heterocycles. The SMILES string of the molecule is CN=C(NCc1ccc(OCC2CC2)nc1)NC1CC(C)(C)Oc2ccccc21. The zero-order valence-corrected chi connectivity index (χ0v) is 17.4. The van der Waals surface area contributed by atoms with Gasteiger partial charge in [-0.3, -0.25) is 4.99 Å². The van der Waals surface area contributed by atoms with Gasteiger partial charge in [-0.25, -0.2) is 4.98 Å². The molecule has 0 amide bonds. The lowest BCUT2D eigenvalue weighted by Crippen LogP contribution is -2.45. The summed E-state index contributed by atoms with van der Waals surface area (Å²) in [7, 11) is 1.79. The maximum atomic E-state index is 6.12. The van der Waals surface area contributed by atoms with E-state index < -0.39 is 0 Å². The zero-order chi connectivity index (χ0) is 20.3. The highest BCUT2D eigenvalue weighted by Crippen LogP contribution is 2.39. The third-order valence-electron chi connectivity index (χ3n) is 5.33. The van der Waals surface area contributed by atoms with Crippen LogP contribution >= 0.6 is 0 Å². The maximum absolute atomic E-state index is 6.12. The number of benzene rings is 1. The summed E-state index contributed by atoms with van der Waals surface area (Å²) in [5.41, 5.74) is 2.01. The second-order valence-corrected chi connectivity index (χ2v) is 8.49. The molecule has 1 aromatic carbocycles. The third kappa shape index (κ3) is 5.19. The van der Waals surface area contributed by atoms with Crippen molar-refractivity contribution in [2.45, 2.75) is 51.3 Å². The molecule has 2 heterocycles.